The maximum Gasteiger partial charge on any atom is 0.297 e. The molecule has 4 aromatic carbocycles. The van der Waals surface area contributed by atoms with E-state index in [2.05, 4.69) is 10.2 Å². The normalized spacial score (nSPS) is 16.8. The number of nitrogens with zero attached hydrogens (tertiary/aromatic N) is 4. The summed E-state index contributed by atoms with van der Waals surface area (Å²) in [7, 11) is 0. The first-order valence-electron chi connectivity index (χ1n) is 14.6. The monoisotopic (exact) mass is 680 g/mol. The van der Waals surface area contributed by atoms with Crippen LogP contribution < -0.4 is 15.2 Å². The third-order valence-corrected chi connectivity index (χ3v) is 10.9. The zero-order valence-electron chi connectivity index (χ0n) is 24.6. The highest BCUT2D eigenvalue weighted by Crippen LogP contribution is 2.55. The molecule has 8 rings (SSSR count). The standard InChI is InChI=1S/C35H22ClFN4O4S2/c1-19-7-2-3-9-21(19)17-40-26-12-5-4-11-25(26)35(32(40)44)28-29(42)24-16-23(37)13-14-27(24)45-30(28)31(43)41(35)33-38-39-34(47-33)46-18-20-8-6-10-22(36)15-20/h2-16H,17-18H2,1H3. The molecule has 0 aliphatic carbocycles. The number of hydrogen-bond acceptors (Lipinski definition) is 8. The van der Waals surface area contributed by atoms with Gasteiger partial charge >= 0.3 is 0 Å². The van der Waals surface area contributed by atoms with Crippen molar-refractivity contribution in [3.63, 3.8) is 0 Å². The molecule has 12 heteroatoms. The number of aryl methyl sites for hydroxylation is 1. The Kier molecular flexibility index (Phi) is 7.01. The van der Waals surface area contributed by atoms with Gasteiger partial charge in [-0.15, -0.1) is 10.2 Å². The summed E-state index contributed by atoms with van der Waals surface area (Å²) in [4.78, 5) is 46.8. The number of para-hydroxylation sites is 1. The lowest BCUT2D eigenvalue weighted by Gasteiger charge is -2.32. The van der Waals surface area contributed by atoms with Gasteiger partial charge in [0.2, 0.25) is 10.9 Å². The van der Waals surface area contributed by atoms with E-state index in [1.807, 2.05) is 49.4 Å². The average molecular weight is 681 g/mol. The molecule has 47 heavy (non-hydrogen) atoms. The van der Waals surface area contributed by atoms with Crippen LogP contribution >= 0.6 is 34.7 Å². The lowest BCUT2D eigenvalue weighted by Crippen LogP contribution is -2.53. The summed E-state index contributed by atoms with van der Waals surface area (Å²) in [6.07, 6.45) is 0. The molecule has 0 saturated heterocycles. The van der Waals surface area contributed by atoms with Crippen LogP contribution in [0.5, 0.6) is 0 Å². The number of anilines is 2. The van der Waals surface area contributed by atoms with Crippen LogP contribution in [0.2, 0.25) is 5.02 Å². The number of hydrogen-bond donors (Lipinski definition) is 0. The van der Waals surface area contributed by atoms with Gasteiger partial charge in [0.05, 0.1) is 23.2 Å². The zero-order chi connectivity index (χ0) is 32.4. The molecule has 2 amide bonds. The van der Waals surface area contributed by atoms with E-state index in [4.69, 9.17) is 16.0 Å². The first-order valence-corrected chi connectivity index (χ1v) is 16.7. The van der Waals surface area contributed by atoms with E-state index in [1.54, 1.807) is 35.2 Å². The minimum absolute atomic E-state index is 0.0334. The Hall–Kier alpha value is -4.84. The molecule has 0 radical (unpaired) electrons. The zero-order valence-corrected chi connectivity index (χ0v) is 27.0. The van der Waals surface area contributed by atoms with Crippen LogP contribution in [0.1, 0.15) is 38.4 Å². The molecule has 1 spiro atoms. The van der Waals surface area contributed by atoms with Crippen molar-refractivity contribution < 1.29 is 18.4 Å². The SMILES string of the molecule is Cc1ccccc1CN1C(=O)C2(c3ccccc31)c1c(oc3ccc(F)cc3c1=O)C(=O)N2c1nnc(SCc2cccc(Cl)c2)s1. The van der Waals surface area contributed by atoms with Crippen LogP contribution in [0, 0.1) is 12.7 Å². The molecule has 0 N–H and O–H groups in total. The van der Waals surface area contributed by atoms with Crippen molar-refractivity contribution >= 4 is 68.3 Å². The summed E-state index contributed by atoms with van der Waals surface area (Å²) < 4.78 is 21.1. The molecular weight excluding hydrogens is 659 g/mol. The van der Waals surface area contributed by atoms with E-state index in [9.17, 15) is 14.0 Å². The third kappa shape index (κ3) is 4.52. The Bertz CT molecular complexity index is 2340. The van der Waals surface area contributed by atoms with Gasteiger partial charge in [0.25, 0.3) is 11.8 Å². The Morgan fingerprint density at radius 1 is 0.957 bits per heavy atom. The Morgan fingerprint density at radius 3 is 2.60 bits per heavy atom. The number of rotatable bonds is 6. The summed E-state index contributed by atoms with van der Waals surface area (Å²) in [5, 5.41) is 9.37. The minimum atomic E-state index is -1.97. The van der Waals surface area contributed by atoms with Gasteiger partial charge in [-0.05, 0) is 60.0 Å². The van der Waals surface area contributed by atoms with E-state index < -0.39 is 28.6 Å². The number of halogens is 2. The second-order valence-electron chi connectivity index (χ2n) is 11.2. The van der Waals surface area contributed by atoms with E-state index in [0.717, 1.165) is 40.2 Å². The average Bonchev–Trinajstić information content (AvgIpc) is 3.70. The number of carbonyl (C=O) groups excluding carboxylic acids is 2. The summed E-state index contributed by atoms with van der Waals surface area (Å²) in [5.41, 5.74) is 1.01. The quantitative estimate of drug-likeness (QED) is 0.133. The van der Waals surface area contributed by atoms with Crippen molar-refractivity contribution in [2.24, 2.45) is 0 Å². The molecule has 2 aromatic heterocycles. The van der Waals surface area contributed by atoms with E-state index in [-0.39, 0.29) is 34.0 Å². The summed E-state index contributed by atoms with van der Waals surface area (Å²) >= 11 is 8.69. The van der Waals surface area contributed by atoms with Gasteiger partial charge in [-0.1, -0.05) is 89.3 Å². The highest BCUT2D eigenvalue weighted by Gasteiger charge is 2.66. The predicted octanol–water partition coefficient (Wildman–Crippen LogP) is 7.49. The van der Waals surface area contributed by atoms with Gasteiger partial charge in [0, 0.05) is 16.3 Å². The van der Waals surface area contributed by atoms with E-state index in [0.29, 0.717) is 26.4 Å². The van der Waals surface area contributed by atoms with Gasteiger partial charge in [-0.25, -0.2) is 4.39 Å². The van der Waals surface area contributed by atoms with Gasteiger partial charge in [0.1, 0.15) is 11.4 Å². The number of fused-ring (bicyclic) bond motifs is 5. The highest BCUT2D eigenvalue weighted by atomic mass is 35.5. The fourth-order valence-electron chi connectivity index (χ4n) is 6.37. The smallest absolute Gasteiger partial charge is 0.297 e. The fraction of sp³-hybridized carbons (Fsp3) is 0.114. The molecule has 8 nitrogen and oxygen atoms in total. The molecule has 0 fully saturated rings. The Morgan fingerprint density at radius 2 is 1.77 bits per heavy atom. The van der Waals surface area contributed by atoms with Crippen molar-refractivity contribution in [1.82, 2.24) is 10.2 Å². The van der Waals surface area contributed by atoms with Crippen LogP contribution in [-0.2, 0) is 22.6 Å². The first kappa shape index (κ1) is 29.6. The van der Waals surface area contributed by atoms with Gasteiger partial charge in [-0.2, -0.15) is 0 Å². The van der Waals surface area contributed by atoms with Crippen molar-refractivity contribution in [1.29, 1.82) is 0 Å². The van der Waals surface area contributed by atoms with Crippen molar-refractivity contribution in [3.8, 4) is 0 Å². The number of benzene rings is 4. The Labute approximate surface area is 280 Å². The molecule has 0 saturated carbocycles. The second kappa shape index (κ2) is 11.2. The summed E-state index contributed by atoms with van der Waals surface area (Å²) in [6.45, 7) is 2.14. The molecule has 6 aromatic rings. The van der Waals surface area contributed by atoms with Gasteiger partial charge < -0.3 is 9.32 Å². The van der Waals surface area contributed by atoms with Crippen LogP contribution in [0.15, 0.2) is 105 Å². The number of aromatic nitrogens is 2. The number of thioether (sulfide) groups is 1. The minimum Gasteiger partial charge on any atom is -0.450 e. The van der Waals surface area contributed by atoms with Crippen LogP contribution in [0.3, 0.4) is 0 Å². The van der Waals surface area contributed by atoms with Crippen LogP contribution in [0.25, 0.3) is 11.0 Å². The largest absolute Gasteiger partial charge is 0.450 e. The van der Waals surface area contributed by atoms with Gasteiger partial charge in [-0.3, -0.25) is 19.3 Å². The molecular formula is C35H22ClFN4O4S2. The van der Waals surface area contributed by atoms with Crippen LogP contribution in [-0.4, -0.2) is 22.0 Å². The van der Waals surface area contributed by atoms with Crippen molar-refractivity contribution in [2.75, 3.05) is 9.80 Å². The number of carbonyl (C=O) groups is 2. The maximum atomic E-state index is 15.1. The summed E-state index contributed by atoms with van der Waals surface area (Å²) in [5.74, 6) is -1.65. The van der Waals surface area contributed by atoms with Crippen molar-refractivity contribution in [2.45, 2.75) is 29.1 Å². The van der Waals surface area contributed by atoms with Gasteiger partial charge in [0.15, 0.2) is 15.3 Å². The van der Waals surface area contributed by atoms with E-state index >= 15 is 4.79 Å². The third-order valence-electron chi connectivity index (χ3n) is 8.51. The second-order valence-corrected chi connectivity index (χ2v) is 13.8. The lowest BCUT2D eigenvalue weighted by atomic mass is 9.84. The Balaban J connectivity index is 1.33. The molecule has 232 valence electrons. The predicted molar refractivity (Wildman–Crippen MR) is 180 cm³/mol. The molecule has 4 heterocycles. The van der Waals surface area contributed by atoms with E-state index in [1.165, 1.54) is 22.7 Å². The summed E-state index contributed by atoms with van der Waals surface area (Å²) in [6, 6.07) is 25.7. The first-order chi connectivity index (χ1) is 22.8. The fourth-order valence-corrected chi connectivity index (χ4v) is 8.42. The molecule has 2 aliphatic heterocycles. The molecule has 1 unspecified atom stereocenters. The van der Waals surface area contributed by atoms with Crippen molar-refractivity contribution in [3.05, 3.63) is 146 Å². The van der Waals surface area contributed by atoms with Crippen LogP contribution in [0.4, 0.5) is 15.2 Å². The lowest BCUT2D eigenvalue weighted by molar-refractivity contribution is -0.121. The number of amides is 2. The maximum absolute atomic E-state index is 15.1. The molecule has 2 aliphatic rings. The topological polar surface area (TPSA) is 96.6 Å². The molecule has 0 bridgehead atoms. The highest BCUT2D eigenvalue weighted by molar-refractivity contribution is 8.00. The molecule has 1 atom stereocenters.